The minimum atomic E-state index is -0.825. The molecule has 1 aromatic rings. The Bertz CT molecular complexity index is 783. The molecule has 0 fully saturated rings. The number of nitriles is 2. The monoisotopic (exact) mass is 316 g/mol. The first kappa shape index (κ1) is 17.4. The summed E-state index contributed by atoms with van der Waals surface area (Å²) in [4.78, 5) is 8.85. The molecule has 0 aromatic heterocycles. The van der Waals surface area contributed by atoms with E-state index in [1.807, 2.05) is 55.5 Å². The molecule has 0 radical (unpaired) electrons. The second-order valence-electron chi connectivity index (χ2n) is 5.57. The van der Waals surface area contributed by atoms with Gasteiger partial charge >= 0.3 is 0 Å². The lowest BCUT2D eigenvalue weighted by atomic mass is 10.0. The third-order valence-electron chi connectivity index (χ3n) is 3.82. The highest BCUT2D eigenvalue weighted by Gasteiger charge is 2.21. The predicted octanol–water partition coefficient (Wildman–Crippen LogP) is 4.48. The molecule has 0 saturated carbocycles. The number of allylic oxidation sites excluding steroid dienone is 2. The van der Waals surface area contributed by atoms with Crippen molar-refractivity contribution in [2.45, 2.75) is 39.2 Å². The fraction of sp³-hybridized carbons (Fsp3) is 0.300. The minimum absolute atomic E-state index is 0.149. The molecule has 4 heteroatoms. The van der Waals surface area contributed by atoms with Gasteiger partial charge in [0.25, 0.3) is 0 Å². The maximum atomic E-state index is 9.32. The summed E-state index contributed by atoms with van der Waals surface area (Å²) in [5, 5.41) is 18.6. The van der Waals surface area contributed by atoms with Gasteiger partial charge in [0.2, 0.25) is 0 Å². The summed E-state index contributed by atoms with van der Waals surface area (Å²) in [5.41, 5.74) is 3.73. The van der Waals surface area contributed by atoms with Gasteiger partial charge in [0.1, 0.15) is 6.07 Å². The predicted molar refractivity (Wildman–Crippen MR) is 97.6 cm³/mol. The van der Waals surface area contributed by atoms with Gasteiger partial charge in [0.05, 0.1) is 11.8 Å². The molecule has 1 aromatic carbocycles. The van der Waals surface area contributed by atoms with E-state index in [1.165, 1.54) is 0 Å². The number of unbranched alkanes of at least 4 members (excludes halogenated alkanes) is 1. The third-order valence-corrected chi connectivity index (χ3v) is 3.82. The molecule has 1 heterocycles. The van der Waals surface area contributed by atoms with Crippen molar-refractivity contribution in [2.24, 2.45) is 9.98 Å². The van der Waals surface area contributed by atoms with Gasteiger partial charge in [-0.25, -0.2) is 4.99 Å². The summed E-state index contributed by atoms with van der Waals surface area (Å²) < 4.78 is 0. The second-order valence-corrected chi connectivity index (χ2v) is 5.57. The highest BCUT2D eigenvalue weighted by atomic mass is 14.9. The Morgan fingerprint density at radius 3 is 2.54 bits per heavy atom. The van der Waals surface area contributed by atoms with Crippen molar-refractivity contribution in [3.8, 4) is 12.1 Å². The van der Waals surface area contributed by atoms with Crippen LogP contribution in [0.15, 0.2) is 57.7 Å². The van der Waals surface area contributed by atoms with Crippen molar-refractivity contribution in [2.75, 3.05) is 0 Å². The molecule has 1 atom stereocenters. The standard InChI is InChI=1S/C20H20N4/c1-3-4-10-17-15(2)23-19(13-21)20(14-22)24-18(17)12-11-16-8-6-5-7-9-16/h5-9,11-12,19H,3-4,10H2,1-2H3. The number of rotatable bonds is 5. The lowest BCUT2D eigenvalue weighted by Gasteiger charge is -2.08. The molecule has 120 valence electrons. The smallest absolute Gasteiger partial charge is 0.188 e. The number of aliphatic imine (C=N–C) groups is 2. The van der Waals surface area contributed by atoms with Crippen molar-refractivity contribution >= 4 is 17.5 Å². The zero-order valence-electron chi connectivity index (χ0n) is 14.0. The Balaban J connectivity index is 2.50. The quantitative estimate of drug-likeness (QED) is 0.803. The van der Waals surface area contributed by atoms with Gasteiger partial charge in [0.15, 0.2) is 11.8 Å². The highest BCUT2D eigenvalue weighted by Crippen LogP contribution is 2.22. The summed E-state index contributed by atoms with van der Waals surface area (Å²) >= 11 is 0. The Hall–Kier alpha value is -2.98. The van der Waals surface area contributed by atoms with Gasteiger partial charge in [-0.3, -0.25) is 4.99 Å². The van der Waals surface area contributed by atoms with Gasteiger partial charge in [-0.15, -0.1) is 0 Å². The Morgan fingerprint density at radius 2 is 1.92 bits per heavy atom. The summed E-state index contributed by atoms with van der Waals surface area (Å²) in [6, 6.07) is 13.2. The van der Waals surface area contributed by atoms with Crippen LogP contribution in [0, 0.1) is 22.7 Å². The number of hydrogen-bond acceptors (Lipinski definition) is 4. The van der Waals surface area contributed by atoms with Crippen LogP contribution >= 0.6 is 0 Å². The third kappa shape index (κ3) is 4.27. The van der Waals surface area contributed by atoms with E-state index in [9.17, 15) is 10.5 Å². The van der Waals surface area contributed by atoms with E-state index in [2.05, 4.69) is 23.0 Å². The SMILES string of the molecule is CCCCC1=C(C=Cc2ccccc2)N=C(C#N)C(C#N)N=C1C. The number of hydrogen-bond donors (Lipinski definition) is 0. The molecule has 0 bridgehead atoms. The molecule has 0 saturated heterocycles. The van der Waals surface area contributed by atoms with E-state index in [0.29, 0.717) is 0 Å². The average Bonchev–Trinajstić information content (AvgIpc) is 2.75. The first-order valence-corrected chi connectivity index (χ1v) is 8.09. The van der Waals surface area contributed by atoms with Crippen LogP contribution in [0.25, 0.3) is 6.08 Å². The molecule has 1 aliphatic rings. The van der Waals surface area contributed by atoms with Crippen molar-refractivity contribution in [1.29, 1.82) is 10.5 Å². The Morgan fingerprint density at radius 1 is 1.17 bits per heavy atom. The molecule has 4 nitrogen and oxygen atoms in total. The van der Waals surface area contributed by atoms with Gasteiger partial charge in [0, 0.05) is 5.71 Å². The Kier molecular flexibility index (Phi) is 6.23. The van der Waals surface area contributed by atoms with Gasteiger partial charge in [-0.1, -0.05) is 49.8 Å². The maximum absolute atomic E-state index is 9.32. The normalized spacial score (nSPS) is 17.8. The van der Waals surface area contributed by atoms with Crippen LogP contribution < -0.4 is 0 Å². The van der Waals surface area contributed by atoms with E-state index in [0.717, 1.165) is 41.8 Å². The molecule has 1 aliphatic heterocycles. The highest BCUT2D eigenvalue weighted by molar-refractivity contribution is 6.10. The minimum Gasteiger partial charge on any atom is -0.264 e. The fourth-order valence-corrected chi connectivity index (χ4v) is 2.49. The zero-order chi connectivity index (χ0) is 17.4. The first-order valence-electron chi connectivity index (χ1n) is 8.09. The van der Waals surface area contributed by atoms with Crippen molar-refractivity contribution < 1.29 is 0 Å². The fourth-order valence-electron chi connectivity index (χ4n) is 2.49. The van der Waals surface area contributed by atoms with Crippen LogP contribution in [-0.4, -0.2) is 17.5 Å². The van der Waals surface area contributed by atoms with Crippen LogP contribution in [0.2, 0.25) is 0 Å². The molecular weight excluding hydrogens is 296 g/mol. The lowest BCUT2D eigenvalue weighted by molar-refractivity contribution is 0.798. The van der Waals surface area contributed by atoms with Crippen molar-refractivity contribution in [3.63, 3.8) is 0 Å². The maximum Gasteiger partial charge on any atom is 0.188 e. The average molecular weight is 316 g/mol. The molecule has 0 aliphatic carbocycles. The van der Waals surface area contributed by atoms with Crippen LogP contribution in [0.1, 0.15) is 38.7 Å². The van der Waals surface area contributed by atoms with E-state index >= 15 is 0 Å². The van der Waals surface area contributed by atoms with Crippen LogP contribution in [0.4, 0.5) is 0 Å². The van der Waals surface area contributed by atoms with Crippen LogP contribution in [0.5, 0.6) is 0 Å². The van der Waals surface area contributed by atoms with Crippen molar-refractivity contribution in [1.82, 2.24) is 0 Å². The largest absolute Gasteiger partial charge is 0.264 e. The van der Waals surface area contributed by atoms with E-state index < -0.39 is 6.04 Å². The molecule has 0 amide bonds. The summed E-state index contributed by atoms with van der Waals surface area (Å²) in [7, 11) is 0. The molecule has 0 N–H and O–H groups in total. The van der Waals surface area contributed by atoms with E-state index in [4.69, 9.17) is 0 Å². The number of benzene rings is 1. The molecular formula is C20H20N4. The number of nitrogens with zero attached hydrogens (tertiary/aromatic N) is 4. The topological polar surface area (TPSA) is 72.3 Å². The summed E-state index contributed by atoms with van der Waals surface area (Å²) in [6.07, 6.45) is 6.79. The van der Waals surface area contributed by atoms with Gasteiger partial charge in [-0.2, -0.15) is 10.5 Å². The molecule has 24 heavy (non-hydrogen) atoms. The lowest BCUT2D eigenvalue weighted by Crippen LogP contribution is -2.15. The van der Waals surface area contributed by atoms with Gasteiger partial charge in [-0.05, 0) is 37.0 Å². The van der Waals surface area contributed by atoms with E-state index in [1.54, 1.807) is 0 Å². The van der Waals surface area contributed by atoms with Gasteiger partial charge < -0.3 is 0 Å². The van der Waals surface area contributed by atoms with Crippen LogP contribution in [0.3, 0.4) is 0 Å². The van der Waals surface area contributed by atoms with Crippen molar-refractivity contribution in [3.05, 3.63) is 53.2 Å². The van der Waals surface area contributed by atoms with E-state index in [-0.39, 0.29) is 5.71 Å². The first-order chi connectivity index (χ1) is 11.7. The summed E-state index contributed by atoms with van der Waals surface area (Å²) in [6.45, 7) is 4.02. The zero-order valence-corrected chi connectivity index (χ0v) is 14.0. The van der Waals surface area contributed by atoms with Crippen LogP contribution in [-0.2, 0) is 0 Å². The Labute approximate surface area is 143 Å². The molecule has 2 rings (SSSR count). The summed E-state index contributed by atoms with van der Waals surface area (Å²) in [5.74, 6) is 0. The molecule has 0 spiro atoms. The molecule has 1 unspecified atom stereocenters. The second kappa shape index (κ2) is 8.60.